The number of piperazine rings is 1. The highest BCUT2D eigenvalue weighted by Crippen LogP contribution is 2.19. The van der Waals surface area contributed by atoms with Gasteiger partial charge in [-0.1, -0.05) is 11.6 Å². The molecule has 1 amide bonds. The Balaban J connectivity index is 1.53. The molecular weight excluding hydrogens is 390 g/mol. The summed E-state index contributed by atoms with van der Waals surface area (Å²) in [5, 5.41) is 0.491. The molecule has 1 unspecified atom stereocenters. The van der Waals surface area contributed by atoms with Crippen LogP contribution in [0.25, 0.3) is 0 Å². The number of nitrogens with one attached hydrogen (secondary N) is 1. The molecule has 146 valence electrons. The lowest BCUT2D eigenvalue weighted by molar-refractivity contribution is -0.886. The molecule has 0 bridgehead atoms. The Morgan fingerprint density at radius 3 is 2.41 bits per heavy atom. The van der Waals surface area contributed by atoms with Crippen LogP contribution in [-0.4, -0.2) is 63.3 Å². The summed E-state index contributed by atoms with van der Waals surface area (Å²) in [7, 11) is -1.63. The largest absolute Gasteiger partial charge is 0.463 e. The minimum Gasteiger partial charge on any atom is -0.463 e. The molecule has 0 spiro atoms. The van der Waals surface area contributed by atoms with Crippen LogP contribution in [0.15, 0.2) is 52.0 Å². The second-order valence-corrected chi connectivity index (χ2v) is 9.00. The summed E-state index contributed by atoms with van der Waals surface area (Å²) in [6.45, 7) is 2.31. The number of furan rings is 1. The number of amides is 1. The van der Waals surface area contributed by atoms with E-state index in [4.69, 9.17) is 16.0 Å². The predicted octanol–water partition coefficient (Wildman–Crippen LogP) is 0.481. The number of hydrogen-bond donors (Lipinski definition) is 1. The van der Waals surface area contributed by atoms with E-state index in [1.807, 2.05) is 19.2 Å². The number of quaternary nitrogens is 1. The molecule has 1 fully saturated rings. The molecule has 1 aliphatic heterocycles. The summed E-state index contributed by atoms with van der Waals surface area (Å²) in [5.41, 5.74) is 0. The maximum Gasteiger partial charge on any atom is 0.277 e. The van der Waals surface area contributed by atoms with Gasteiger partial charge in [-0.2, -0.15) is 4.31 Å². The van der Waals surface area contributed by atoms with Crippen molar-refractivity contribution >= 4 is 27.5 Å². The fraction of sp³-hybridized carbons (Fsp3) is 0.389. The lowest BCUT2D eigenvalue weighted by atomic mass is 10.3. The van der Waals surface area contributed by atoms with E-state index < -0.39 is 10.0 Å². The van der Waals surface area contributed by atoms with Crippen molar-refractivity contribution < 1.29 is 22.5 Å². The highest BCUT2D eigenvalue weighted by atomic mass is 35.5. The van der Waals surface area contributed by atoms with Gasteiger partial charge in [0, 0.05) is 31.2 Å². The van der Waals surface area contributed by atoms with Gasteiger partial charge < -0.3 is 14.2 Å². The summed E-state index contributed by atoms with van der Waals surface area (Å²) in [6.07, 6.45) is 1.62. The van der Waals surface area contributed by atoms with Gasteiger partial charge in [-0.15, -0.1) is 0 Å². The minimum atomic E-state index is -3.57. The summed E-state index contributed by atoms with van der Waals surface area (Å²) in [5.74, 6) is 0.849. The first kappa shape index (κ1) is 19.9. The van der Waals surface area contributed by atoms with Gasteiger partial charge in [0.15, 0.2) is 12.3 Å². The number of hydrogen-bond acceptors (Lipinski definition) is 4. The topological polar surface area (TPSA) is 75.3 Å². The lowest BCUT2D eigenvalue weighted by Gasteiger charge is -2.34. The van der Waals surface area contributed by atoms with Crippen molar-refractivity contribution in [3.63, 3.8) is 0 Å². The third-order valence-electron chi connectivity index (χ3n) is 4.55. The molecule has 7 nitrogen and oxygen atoms in total. The molecular formula is C18H23ClN3O4S+. The van der Waals surface area contributed by atoms with Crippen LogP contribution in [0.2, 0.25) is 5.02 Å². The van der Waals surface area contributed by atoms with E-state index in [9.17, 15) is 13.2 Å². The van der Waals surface area contributed by atoms with Gasteiger partial charge in [0.2, 0.25) is 10.0 Å². The number of halogens is 1. The van der Waals surface area contributed by atoms with Gasteiger partial charge >= 0.3 is 0 Å². The third kappa shape index (κ3) is 4.90. The van der Waals surface area contributed by atoms with Crippen LogP contribution >= 0.6 is 11.6 Å². The van der Waals surface area contributed by atoms with Gasteiger partial charge in [-0.05, 0) is 36.4 Å². The van der Waals surface area contributed by atoms with Crippen molar-refractivity contribution in [2.24, 2.45) is 0 Å². The summed E-state index contributed by atoms with van der Waals surface area (Å²) in [6, 6.07) is 9.83. The van der Waals surface area contributed by atoms with E-state index in [2.05, 4.69) is 0 Å². The summed E-state index contributed by atoms with van der Waals surface area (Å²) in [4.78, 5) is 15.5. The average molecular weight is 413 g/mol. The van der Waals surface area contributed by atoms with Crippen LogP contribution in [0, 0.1) is 0 Å². The Morgan fingerprint density at radius 2 is 1.81 bits per heavy atom. The monoisotopic (exact) mass is 412 g/mol. The molecule has 1 saturated heterocycles. The number of sulfonamides is 1. The van der Waals surface area contributed by atoms with E-state index in [-0.39, 0.29) is 23.9 Å². The van der Waals surface area contributed by atoms with Crippen LogP contribution in [0.5, 0.6) is 0 Å². The maximum absolute atomic E-state index is 12.7. The number of rotatable bonds is 6. The first-order valence-corrected chi connectivity index (χ1v) is 10.6. The Hall–Kier alpha value is -1.87. The van der Waals surface area contributed by atoms with Gasteiger partial charge in [-0.3, -0.25) is 4.79 Å². The van der Waals surface area contributed by atoms with Crippen LogP contribution in [-0.2, 0) is 21.4 Å². The molecule has 2 aromatic rings. The van der Waals surface area contributed by atoms with Crippen LogP contribution < -0.4 is 4.90 Å². The Kier molecular flexibility index (Phi) is 6.21. The molecule has 1 atom stereocenters. The van der Waals surface area contributed by atoms with E-state index in [1.54, 1.807) is 23.3 Å². The zero-order chi connectivity index (χ0) is 19.4. The van der Waals surface area contributed by atoms with Crippen molar-refractivity contribution in [2.75, 3.05) is 39.8 Å². The zero-order valence-electron chi connectivity index (χ0n) is 15.1. The molecule has 1 aromatic carbocycles. The number of carbonyl (C=O) groups is 1. The standard InChI is InChI=1S/C18H22ClN3O4S/c1-20(13-16-3-2-12-26-16)14-18(23)21-8-10-22(11-9-21)27(24,25)17-6-4-15(19)5-7-17/h2-7,12H,8-11,13-14H2,1H3/p+1. The van der Waals surface area contributed by atoms with Crippen LogP contribution in [0.1, 0.15) is 5.76 Å². The second-order valence-electron chi connectivity index (χ2n) is 6.63. The fourth-order valence-electron chi connectivity index (χ4n) is 3.08. The number of benzene rings is 1. The van der Waals surface area contributed by atoms with Gasteiger partial charge in [0.1, 0.15) is 6.54 Å². The van der Waals surface area contributed by atoms with Crippen molar-refractivity contribution in [3.8, 4) is 0 Å². The summed E-state index contributed by atoms with van der Waals surface area (Å²) >= 11 is 5.83. The molecule has 0 aliphatic carbocycles. The van der Waals surface area contributed by atoms with Gasteiger partial charge in [0.25, 0.3) is 5.91 Å². The van der Waals surface area contributed by atoms with E-state index in [0.717, 1.165) is 10.7 Å². The number of carbonyl (C=O) groups excluding carboxylic acids is 1. The quantitative estimate of drug-likeness (QED) is 0.749. The molecule has 0 saturated carbocycles. The zero-order valence-corrected chi connectivity index (χ0v) is 16.7. The first-order valence-electron chi connectivity index (χ1n) is 8.73. The molecule has 1 N–H and O–H groups in total. The third-order valence-corrected chi connectivity index (χ3v) is 6.72. The molecule has 27 heavy (non-hydrogen) atoms. The van der Waals surface area contributed by atoms with Gasteiger partial charge in [-0.25, -0.2) is 8.42 Å². The van der Waals surface area contributed by atoms with Crippen molar-refractivity contribution in [2.45, 2.75) is 11.4 Å². The Morgan fingerprint density at radius 1 is 1.15 bits per heavy atom. The van der Waals surface area contributed by atoms with Crippen molar-refractivity contribution in [1.29, 1.82) is 0 Å². The van der Waals surface area contributed by atoms with Crippen LogP contribution in [0.4, 0.5) is 0 Å². The van der Waals surface area contributed by atoms with Gasteiger partial charge in [0.05, 0.1) is 18.2 Å². The molecule has 1 aromatic heterocycles. The summed E-state index contributed by atoms with van der Waals surface area (Å²) < 4.78 is 32.1. The number of nitrogens with zero attached hydrogens (tertiary/aromatic N) is 2. The fourth-order valence-corrected chi connectivity index (χ4v) is 4.62. The Labute approximate surface area is 164 Å². The highest BCUT2D eigenvalue weighted by Gasteiger charge is 2.30. The molecule has 2 heterocycles. The average Bonchev–Trinajstić information content (AvgIpc) is 3.15. The molecule has 9 heteroatoms. The van der Waals surface area contributed by atoms with Crippen molar-refractivity contribution in [1.82, 2.24) is 9.21 Å². The molecule has 3 rings (SSSR count). The lowest BCUT2D eigenvalue weighted by Crippen LogP contribution is -3.08. The van der Waals surface area contributed by atoms with E-state index in [1.165, 1.54) is 16.4 Å². The highest BCUT2D eigenvalue weighted by molar-refractivity contribution is 7.89. The van der Waals surface area contributed by atoms with Crippen LogP contribution in [0.3, 0.4) is 0 Å². The Bertz CT molecular complexity index is 861. The first-order chi connectivity index (χ1) is 12.9. The van der Waals surface area contributed by atoms with Crippen molar-refractivity contribution in [3.05, 3.63) is 53.4 Å². The smallest absolute Gasteiger partial charge is 0.277 e. The second kappa shape index (κ2) is 8.43. The SMILES string of the molecule is C[NH+](CC(=O)N1CCN(S(=O)(=O)c2ccc(Cl)cc2)CC1)Cc1ccco1. The predicted molar refractivity (Wildman–Crippen MR) is 101 cm³/mol. The minimum absolute atomic E-state index is 0.0163. The van der Waals surface area contributed by atoms with E-state index in [0.29, 0.717) is 31.2 Å². The number of likely N-dealkylation sites (N-methyl/N-ethyl adjacent to an activating group) is 1. The molecule has 0 radical (unpaired) electrons. The normalized spacial score (nSPS) is 17.0. The van der Waals surface area contributed by atoms with E-state index >= 15 is 0 Å². The molecule has 1 aliphatic rings. The maximum atomic E-state index is 12.7.